The molecule has 0 nitrogen and oxygen atoms in total. The topological polar surface area (TPSA) is 0 Å². The van der Waals surface area contributed by atoms with Gasteiger partial charge in [0.2, 0.25) is 0 Å². The van der Waals surface area contributed by atoms with Crippen molar-refractivity contribution in [2.24, 2.45) is 0 Å². The molecule has 0 fully saturated rings. The molecule has 0 spiro atoms. The number of halogens is 4. The van der Waals surface area contributed by atoms with Crippen molar-refractivity contribution in [2.75, 3.05) is 0 Å². The summed E-state index contributed by atoms with van der Waals surface area (Å²) in [6.07, 6.45) is 0. The van der Waals surface area contributed by atoms with E-state index in [9.17, 15) is 0 Å². The third kappa shape index (κ3) is 149. The summed E-state index contributed by atoms with van der Waals surface area (Å²) in [5, 5.41) is 0. The molecule has 0 heterocycles. The molecule has 4 unspecified atom stereocenters. The van der Waals surface area contributed by atoms with Crippen LogP contribution in [0.2, 0.25) is 0 Å². The predicted molar refractivity (Wildman–Crippen MR) is 50.0 cm³/mol. The SMILES string of the molecule is [F-].[F-].[F-].[F-].[PH4+].[PH4+].[PH4+].[PH4+]. The van der Waals surface area contributed by atoms with Crippen molar-refractivity contribution in [2.45, 2.75) is 0 Å². The van der Waals surface area contributed by atoms with Crippen LogP contribution in [-0.4, -0.2) is 0 Å². The summed E-state index contributed by atoms with van der Waals surface area (Å²) in [5.74, 6) is 0. The van der Waals surface area contributed by atoms with E-state index in [1.807, 2.05) is 0 Å². The van der Waals surface area contributed by atoms with E-state index in [1.165, 1.54) is 0 Å². The van der Waals surface area contributed by atoms with Crippen molar-refractivity contribution in [3.05, 3.63) is 0 Å². The van der Waals surface area contributed by atoms with Crippen LogP contribution in [0.15, 0.2) is 0 Å². The van der Waals surface area contributed by atoms with Crippen molar-refractivity contribution in [1.29, 1.82) is 0 Å². The van der Waals surface area contributed by atoms with Gasteiger partial charge in [-0.25, -0.2) is 0 Å². The smallest absolute Gasteiger partial charge is 0.0395 e. The first-order valence-electron chi connectivity index (χ1n) is 0. The van der Waals surface area contributed by atoms with Gasteiger partial charge >= 0.3 is 0 Å². The van der Waals surface area contributed by atoms with Gasteiger partial charge in [-0.1, -0.05) is 0 Å². The molecule has 8 heavy (non-hydrogen) atoms. The van der Waals surface area contributed by atoms with Crippen LogP contribution in [0, 0.1) is 0 Å². The van der Waals surface area contributed by atoms with E-state index in [0.29, 0.717) is 0 Å². The van der Waals surface area contributed by atoms with Crippen molar-refractivity contribution in [3.63, 3.8) is 0 Å². The average molecular weight is 216 g/mol. The Kier molecular flexibility index (Phi) is 9130. The first-order chi connectivity index (χ1) is 0. The first-order valence-corrected chi connectivity index (χ1v) is 0. The van der Waals surface area contributed by atoms with Gasteiger partial charge in [-0.15, -0.1) is 0 Å². The average Bonchev–Trinajstić information content (AvgIpc) is 0. The molecule has 0 radical (unpaired) electrons. The van der Waals surface area contributed by atoms with Gasteiger partial charge in [0.15, 0.2) is 0 Å². The van der Waals surface area contributed by atoms with Gasteiger partial charge in [0, 0.05) is 0 Å². The molecular formula is H16F4P4. The largest absolute Gasteiger partial charge is 1.00 e. The second-order valence-corrected chi connectivity index (χ2v) is 0. The maximum absolute atomic E-state index is 0. The van der Waals surface area contributed by atoms with Crippen LogP contribution in [0.1, 0.15) is 0 Å². The lowest BCUT2D eigenvalue weighted by Gasteiger charge is -1.00. The second kappa shape index (κ2) is 225. The van der Waals surface area contributed by atoms with E-state index in [2.05, 4.69) is 0 Å². The molecular weight excluding hydrogens is 200 g/mol. The fourth-order valence-electron chi connectivity index (χ4n) is 0. The van der Waals surface area contributed by atoms with E-state index in [1.54, 1.807) is 0 Å². The van der Waals surface area contributed by atoms with Crippen molar-refractivity contribution in [3.8, 4) is 0 Å². The number of rotatable bonds is 0. The molecule has 0 bridgehead atoms. The minimum atomic E-state index is 0. The van der Waals surface area contributed by atoms with Crippen LogP contribution in [0.4, 0.5) is 0 Å². The first kappa shape index (κ1) is 324. The van der Waals surface area contributed by atoms with E-state index in [0.717, 1.165) is 0 Å². The zero-order chi connectivity index (χ0) is 0. The Morgan fingerprint density at radius 1 is 0.250 bits per heavy atom. The summed E-state index contributed by atoms with van der Waals surface area (Å²) in [4.78, 5) is 0. The van der Waals surface area contributed by atoms with Gasteiger partial charge in [0.1, 0.15) is 0 Å². The van der Waals surface area contributed by atoms with Crippen LogP contribution in [-0.2, 0) is 0 Å². The molecule has 0 aromatic heterocycles. The molecule has 64 valence electrons. The predicted octanol–water partition coefficient (Wildman–Crippen LogP) is -12.8. The lowest BCUT2D eigenvalue weighted by atomic mass is 19.0. The van der Waals surface area contributed by atoms with E-state index in [-0.39, 0.29) is 58.4 Å². The Morgan fingerprint density at radius 3 is 0.250 bits per heavy atom. The lowest BCUT2D eigenvalue weighted by molar-refractivity contribution is -0.00100. The maximum Gasteiger partial charge on any atom is -0.0395 e. The fourth-order valence-corrected chi connectivity index (χ4v) is 0. The van der Waals surface area contributed by atoms with Crippen molar-refractivity contribution < 1.29 is 18.8 Å². The van der Waals surface area contributed by atoms with Crippen LogP contribution in [0.3, 0.4) is 0 Å². The normalized spacial score (nSPS) is 0. The molecule has 0 rings (SSSR count). The van der Waals surface area contributed by atoms with E-state index in [4.69, 9.17) is 0 Å². The van der Waals surface area contributed by atoms with Crippen molar-refractivity contribution in [1.82, 2.24) is 0 Å². The quantitative estimate of drug-likeness (QED) is 0.278. The van der Waals surface area contributed by atoms with Gasteiger partial charge in [0.05, 0.1) is 0 Å². The van der Waals surface area contributed by atoms with Crippen LogP contribution < -0.4 is 18.8 Å². The summed E-state index contributed by atoms with van der Waals surface area (Å²) in [6, 6.07) is 0. The molecule has 0 N–H and O–H groups in total. The molecule has 0 saturated carbocycles. The highest BCUT2D eigenvalue weighted by Crippen LogP contribution is 0.864. The molecule has 4 atom stereocenters. The van der Waals surface area contributed by atoms with Gasteiger partial charge < -0.3 is 18.8 Å². The summed E-state index contributed by atoms with van der Waals surface area (Å²) < 4.78 is 0. The Bertz CT molecular complexity index is 8.00. The Morgan fingerprint density at radius 2 is 0.250 bits per heavy atom. The zero-order valence-electron chi connectivity index (χ0n) is 5.51. The van der Waals surface area contributed by atoms with Crippen LogP contribution in [0.25, 0.3) is 0 Å². The van der Waals surface area contributed by atoms with Gasteiger partial charge in [-0.05, 0) is 39.6 Å². The third-order valence-electron chi connectivity index (χ3n) is 0. The minimum absolute atomic E-state index is 0. The monoisotopic (exact) mass is 216 g/mol. The summed E-state index contributed by atoms with van der Waals surface area (Å²) in [5.41, 5.74) is 0. The minimum Gasteiger partial charge on any atom is -1.00 e. The highest BCUT2D eigenvalue weighted by atomic mass is 31.0. The zero-order valence-corrected chi connectivity index (χ0v) is 13.5. The molecule has 0 aromatic rings. The molecule has 0 amide bonds. The summed E-state index contributed by atoms with van der Waals surface area (Å²) >= 11 is 0. The Balaban J connectivity index is 0. The molecule has 0 aliphatic heterocycles. The Labute approximate surface area is 59.3 Å². The Hall–Kier alpha value is 1.44. The lowest BCUT2D eigenvalue weighted by Crippen LogP contribution is -3.00. The molecule has 0 aliphatic carbocycles. The third-order valence-corrected chi connectivity index (χ3v) is 0. The van der Waals surface area contributed by atoms with Crippen molar-refractivity contribution >= 4 is 39.6 Å². The van der Waals surface area contributed by atoms with E-state index >= 15 is 0 Å². The number of hydrogen-bond donors (Lipinski definition) is 0. The molecule has 0 aromatic carbocycles. The second-order valence-electron chi connectivity index (χ2n) is 0. The van der Waals surface area contributed by atoms with Crippen LogP contribution >= 0.6 is 39.6 Å². The van der Waals surface area contributed by atoms with Crippen LogP contribution in [0.5, 0.6) is 0 Å². The summed E-state index contributed by atoms with van der Waals surface area (Å²) in [7, 11) is 0. The fraction of sp³-hybridized carbons (Fsp3) is 0. The maximum atomic E-state index is 0. The highest BCUT2D eigenvalue weighted by molar-refractivity contribution is 6.92. The van der Waals surface area contributed by atoms with Gasteiger partial charge in [-0.2, -0.15) is 0 Å². The standard InChI is InChI=1S/4FH.4H3P/h4*1H;4*1H3. The van der Waals surface area contributed by atoms with Gasteiger partial charge in [-0.3, -0.25) is 0 Å². The molecule has 8 heteroatoms. The molecule has 0 saturated heterocycles. The van der Waals surface area contributed by atoms with E-state index < -0.39 is 0 Å². The molecule has 0 aliphatic rings. The highest BCUT2D eigenvalue weighted by Gasteiger charge is -0.0365. The number of hydrogen-bond acceptors (Lipinski definition) is 0. The van der Waals surface area contributed by atoms with Gasteiger partial charge in [0.25, 0.3) is 0 Å². The summed E-state index contributed by atoms with van der Waals surface area (Å²) in [6.45, 7) is 0.